The highest BCUT2D eigenvalue weighted by molar-refractivity contribution is 7.99. The van der Waals surface area contributed by atoms with Crippen molar-refractivity contribution in [2.75, 3.05) is 27.8 Å². The quantitative estimate of drug-likeness (QED) is 0.241. The Labute approximate surface area is 217 Å². The number of thioether (sulfide) groups is 1. The molecular weight excluding hydrogens is 522 g/mol. The van der Waals surface area contributed by atoms with Crippen LogP contribution < -0.4 is 15.5 Å². The summed E-state index contributed by atoms with van der Waals surface area (Å²) in [7, 11) is -3.89. The lowest BCUT2D eigenvalue weighted by Crippen LogP contribution is -2.30. The van der Waals surface area contributed by atoms with Crippen LogP contribution in [-0.4, -0.2) is 46.5 Å². The molecule has 0 aliphatic rings. The molecule has 3 N–H and O–H groups in total. The minimum atomic E-state index is -3.89. The molecule has 0 saturated carbocycles. The number of amides is 1. The number of hydrogen-bond donors (Lipinski definition) is 2. The Morgan fingerprint density at radius 2 is 1.92 bits per heavy atom. The lowest BCUT2D eigenvalue weighted by molar-refractivity contribution is -0.113. The molecule has 0 unspecified atom stereocenters. The average Bonchev–Trinajstić information content (AvgIpc) is 3.25. The molecule has 0 aliphatic heterocycles. The number of hydrogen-bond acceptors (Lipinski definition) is 8. The largest absolute Gasteiger partial charge is 0.335 e. The van der Waals surface area contributed by atoms with Gasteiger partial charge in [-0.3, -0.25) is 14.1 Å². The first-order valence-electron chi connectivity index (χ1n) is 10.7. The van der Waals surface area contributed by atoms with Gasteiger partial charge in [-0.25, -0.2) is 13.1 Å². The van der Waals surface area contributed by atoms with E-state index in [9.17, 15) is 13.2 Å². The Balaban J connectivity index is 1.48. The molecule has 186 valence electrons. The van der Waals surface area contributed by atoms with Crippen LogP contribution in [0.3, 0.4) is 0 Å². The Hall–Kier alpha value is -3.61. The molecule has 2 aromatic heterocycles. The molecule has 1 amide bonds. The smallest absolute Gasteiger partial charge is 0.264 e. The zero-order valence-corrected chi connectivity index (χ0v) is 21.5. The zero-order valence-electron chi connectivity index (χ0n) is 19.1. The van der Waals surface area contributed by atoms with E-state index in [1.165, 1.54) is 27.2 Å². The summed E-state index contributed by atoms with van der Waals surface area (Å²) in [4.78, 5) is 16.7. The molecule has 2 aromatic carbocycles. The van der Waals surface area contributed by atoms with E-state index in [0.717, 1.165) is 11.8 Å². The molecule has 0 bridgehead atoms. The molecule has 0 saturated heterocycles. The van der Waals surface area contributed by atoms with E-state index < -0.39 is 15.9 Å². The maximum atomic E-state index is 13.3. The first-order valence-corrected chi connectivity index (χ1v) is 13.5. The van der Waals surface area contributed by atoms with E-state index in [2.05, 4.69) is 20.5 Å². The number of carbonyl (C=O) groups excluding carboxylic acids is 1. The van der Waals surface area contributed by atoms with Crippen molar-refractivity contribution in [2.45, 2.75) is 17.0 Å². The summed E-state index contributed by atoms with van der Waals surface area (Å²) >= 11 is 7.33. The van der Waals surface area contributed by atoms with Gasteiger partial charge in [0, 0.05) is 24.5 Å². The SMILES string of the molecule is CCN(c1ccccc1)S(=O)(=O)c1ccc(Cl)c(NC(=O)CSc2nnc(-c3cccnc3)n2N)c1. The first-order chi connectivity index (χ1) is 17.3. The summed E-state index contributed by atoms with van der Waals surface area (Å²) in [6, 6.07) is 16.5. The highest BCUT2D eigenvalue weighted by Crippen LogP contribution is 2.30. The van der Waals surface area contributed by atoms with Crippen molar-refractivity contribution in [3.8, 4) is 11.4 Å². The van der Waals surface area contributed by atoms with Gasteiger partial charge in [0.25, 0.3) is 10.0 Å². The normalized spacial score (nSPS) is 11.3. The number of nitrogens with one attached hydrogen (secondary N) is 1. The number of sulfonamides is 1. The molecule has 0 spiro atoms. The zero-order chi connectivity index (χ0) is 25.7. The van der Waals surface area contributed by atoms with Crippen molar-refractivity contribution in [3.05, 3.63) is 78.1 Å². The number of nitrogens with two attached hydrogens (primary N) is 1. The summed E-state index contributed by atoms with van der Waals surface area (Å²) in [6.45, 7) is 1.98. The molecule has 4 rings (SSSR count). The second-order valence-electron chi connectivity index (χ2n) is 7.40. The molecule has 2 heterocycles. The van der Waals surface area contributed by atoms with Gasteiger partial charge in [-0.1, -0.05) is 41.6 Å². The molecule has 10 nitrogen and oxygen atoms in total. The van der Waals surface area contributed by atoms with Crippen LogP contribution in [0.15, 0.2) is 83.1 Å². The van der Waals surface area contributed by atoms with Gasteiger partial charge in [-0.05, 0) is 49.4 Å². The number of aromatic nitrogens is 4. The highest BCUT2D eigenvalue weighted by atomic mass is 35.5. The van der Waals surface area contributed by atoms with Gasteiger partial charge in [0.1, 0.15) is 0 Å². The van der Waals surface area contributed by atoms with Crippen LogP contribution in [0.2, 0.25) is 5.02 Å². The number of pyridine rings is 1. The van der Waals surface area contributed by atoms with Gasteiger partial charge >= 0.3 is 0 Å². The number of benzene rings is 2. The van der Waals surface area contributed by atoms with E-state index >= 15 is 0 Å². The van der Waals surface area contributed by atoms with Gasteiger partial charge in [-0.15, -0.1) is 10.2 Å². The van der Waals surface area contributed by atoms with Gasteiger partial charge in [-0.2, -0.15) is 0 Å². The maximum Gasteiger partial charge on any atom is 0.264 e. The van der Waals surface area contributed by atoms with Crippen LogP contribution >= 0.6 is 23.4 Å². The van der Waals surface area contributed by atoms with E-state index in [0.29, 0.717) is 22.2 Å². The molecule has 36 heavy (non-hydrogen) atoms. The molecule has 0 fully saturated rings. The first kappa shape index (κ1) is 25.5. The molecule has 0 radical (unpaired) electrons. The van der Waals surface area contributed by atoms with Gasteiger partial charge < -0.3 is 11.2 Å². The minimum absolute atomic E-state index is 0.00312. The van der Waals surface area contributed by atoms with Gasteiger partial charge in [0.05, 0.1) is 27.0 Å². The van der Waals surface area contributed by atoms with E-state index in [4.69, 9.17) is 17.4 Å². The maximum absolute atomic E-state index is 13.3. The minimum Gasteiger partial charge on any atom is -0.335 e. The van der Waals surface area contributed by atoms with Crippen LogP contribution in [0, 0.1) is 0 Å². The second kappa shape index (κ2) is 11.0. The number of nitrogen functional groups attached to an aromatic ring is 1. The van der Waals surface area contributed by atoms with Crippen molar-refractivity contribution in [1.82, 2.24) is 19.9 Å². The fourth-order valence-corrected chi connectivity index (χ4v) is 5.68. The molecule has 13 heteroatoms. The van der Waals surface area contributed by atoms with Gasteiger partial charge in [0.15, 0.2) is 5.82 Å². The number of carbonyl (C=O) groups is 1. The third-order valence-electron chi connectivity index (χ3n) is 5.05. The second-order valence-corrected chi connectivity index (χ2v) is 10.6. The fourth-order valence-electron chi connectivity index (χ4n) is 3.36. The Morgan fingerprint density at radius 3 is 2.61 bits per heavy atom. The summed E-state index contributed by atoms with van der Waals surface area (Å²) in [6.07, 6.45) is 3.24. The standard InChI is InChI=1S/C23H22ClN7O3S2/c1-2-30(17-8-4-3-5-9-17)36(33,34)18-10-11-19(24)20(13-18)27-21(32)15-35-23-29-28-22(31(23)25)16-7-6-12-26-14-16/h3-14H,2,15,25H2,1H3,(H,27,32). The van der Waals surface area contributed by atoms with Crippen LogP contribution in [0.1, 0.15) is 6.92 Å². The summed E-state index contributed by atoms with van der Waals surface area (Å²) in [5.74, 6) is 6.01. The molecule has 4 aromatic rings. The topological polar surface area (TPSA) is 136 Å². The number of halogens is 1. The van der Waals surface area contributed by atoms with Crippen LogP contribution in [-0.2, 0) is 14.8 Å². The van der Waals surface area contributed by atoms with E-state index in [1.54, 1.807) is 55.7 Å². The van der Waals surface area contributed by atoms with Crippen LogP contribution in [0.25, 0.3) is 11.4 Å². The Kier molecular flexibility index (Phi) is 7.77. The van der Waals surface area contributed by atoms with Crippen molar-refractivity contribution in [3.63, 3.8) is 0 Å². The monoisotopic (exact) mass is 543 g/mol. The van der Waals surface area contributed by atoms with Crippen molar-refractivity contribution < 1.29 is 13.2 Å². The average molecular weight is 544 g/mol. The van der Waals surface area contributed by atoms with Crippen LogP contribution in [0.5, 0.6) is 0 Å². The molecular formula is C23H22ClN7O3S2. The number of rotatable bonds is 9. The summed E-state index contributed by atoms with van der Waals surface area (Å²) < 4.78 is 29.2. The third-order valence-corrected chi connectivity index (χ3v) is 8.22. The highest BCUT2D eigenvalue weighted by Gasteiger charge is 2.25. The predicted molar refractivity (Wildman–Crippen MR) is 141 cm³/mol. The number of nitrogens with zero attached hydrogens (tertiary/aromatic N) is 5. The summed E-state index contributed by atoms with van der Waals surface area (Å²) in [5.41, 5.74) is 1.40. The fraction of sp³-hybridized carbons (Fsp3) is 0.130. The number of anilines is 2. The van der Waals surface area contributed by atoms with Crippen molar-refractivity contribution >= 4 is 50.7 Å². The lowest BCUT2D eigenvalue weighted by Gasteiger charge is -2.23. The van der Waals surface area contributed by atoms with Crippen molar-refractivity contribution in [1.29, 1.82) is 0 Å². The number of para-hydroxylation sites is 1. The van der Waals surface area contributed by atoms with Gasteiger partial charge in [0.2, 0.25) is 11.1 Å². The van der Waals surface area contributed by atoms with Crippen molar-refractivity contribution in [2.24, 2.45) is 0 Å². The predicted octanol–water partition coefficient (Wildman–Crippen LogP) is 3.65. The lowest BCUT2D eigenvalue weighted by atomic mass is 10.3. The third kappa shape index (κ3) is 5.45. The Bertz CT molecular complexity index is 1470. The molecule has 0 aliphatic carbocycles. The van der Waals surface area contributed by atoms with E-state index in [1.807, 2.05) is 6.07 Å². The molecule has 0 atom stereocenters. The Morgan fingerprint density at radius 1 is 1.14 bits per heavy atom. The van der Waals surface area contributed by atoms with E-state index in [-0.39, 0.29) is 27.9 Å². The van der Waals surface area contributed by atoms with Crippen LogP contribution in [0.4, 0.5) is 11.4 Å². The summed E-state index contributed by atoms with van der Waals surface area (Å²) in [5, 5.41) is 11.3.